The maximum Gasteiger partial charge on any atom is 0.227 e. The highest BCUT2D eigenvalue weighted by molar-refractivity contribution is 6.32. The zero-order chi connectivity index (χ0) is 20.2. The molecule has 0 N–H and O–H groups in total. The van der Waals surface area contributed by atoms with E-state index in [9.17, 15) is 4.79 Å². The Bertz CT molecular complexity index is 901. The molecule has 0 spiro atoms. The van der Waals surface area contributed by atoms with Crippen LogP contribution in [0.25, 0.3) is 0 Å². The number of carbonyl (C=O) groups excluding carboxylic acids is 1. The molecule has 0 aromatic heterocycles. The van der Waals surface area contributed by atoms with Gasteiger partial charge in [-0.05, 0) is 42.3 Å². The first kappa shape index (κ1) is 19.7. The molecule has 0 atom stereocenters. The summed E-state index contributed by atoms with van der Waals surface area (Å²) >= 11 is 6.36. The van der Waals surface area contributed by atoms with Gasteiger partial charge in [-0.25, -0.2) is 0 Å². The largest absolute Gasteiger partial charge is 0.489 e. The minimum atomic E-state index is 0.0212. The Morgan fingerprint density at radius 1 is 0.931 bits per heavy atom. The molecule has 0 bridgehead atoms. The van der Waals surface area contributed by atoms with Crippen molar-refractivity contribution in [1.82, 2.24) is 4.90 Å². The Hall–Kier alpha value is -2.60. The van der Waals surface area contributed by atoms with Crippen LogP contribution in [-0.2, 0) is 17.8 Å². The van der Waals surface area contributed by atoms with Gasteiger partial charge in [0.05, 0.1) is 24.7 Å². The van der Waals surface area contributed by atoms with Crippen molar-refractivity contribution in [2.75, 3.05) is 33.0 Å². The van der Waals surface area contributed by atoms with Gasteiger partial charge in [-0.2, -0.15) is 0 Å². The molecule has 2 heterocycles. The Morgan fingerprint density at radius 2 is 1.66 bits per heavy atom. The van der Waals surface area contributed by atoms with Crippen molar-refractivity contribution in [3.8, 4) is 23.0 Å². The van der Waals surface area contributed by atoms with Crippen molar-refractivity contribution in [3.05, 3.63) is 46.5 Å². The monoisotopic (exact) mass is 417 g/mol. The topological polar surface area (TPSA) is 57.2 Å². The third-order valence-electron chi connectivity index (χ3n) is 4.93. The molecule has 2 aromatic rings. The Labute approximate surface area is 175 Å². The molecule has 0 fully saturated rings. The number of nitrogens with zero attached hydrogens (tertiary/aromatic N) is 1. The molecule has 29 heavy (non-hydrogen) atoms. The molecule has 4 rings (SSSR count). The van der Waals surface area contributed by atoms with E-state index in [4.69, 9.17) is 30.5 Å². The highest BCUT2D eigenvalue weighted by Crippen LogP contribution is 2.38. The first-order chi connectivity index (χ1) is 14.1. The zero-order valence-electron chi connectivity index (χ0n) is 16.4. The number of likely N-dealkylation sites (N-methyl/N-ethyl adjacent to an activating group) is 1. The quantitative estimate of drug-likeness (QED) is 0.739. The van der Waals surface area contributed by atoms with Gasteiger partial charge in [0.15, 0.2) is 23.0 Å². The van der Waals surface area contributed by atoms with Crippen LogP contribution in [0, 0.1) is 0 Å². The van der Waals surface area contributed by atoms with Crippen molar-refractivity contribution < 1.29 is 23.7 Å². The molecule has 0 aliphatic carbocycles. The molecule has 6 nitrogen and oxygen atoms in total. The minimum Gasteiger partial charge on any atom is -0.489 e. The van der Waals surface area contributed by atoms with Crippen molar-refractivity contribution in [1.29, 1.82) is 0 Å². The van der Waals surface area contributed by atoms with Crippen LogP contribution in [0.5, 0.6) is 23.0 Å². The average molecular weight is 418 g/mol. The molecule has 2 aliphatic heterocycles. The van der Waals surface area contributed by atoms with Crippen LogP contribution in [0.2, 0.25) is 5.02 Å². The van der Waals surface area contributed by atoms with Gasteiger partial charge in [0.25, 0.3) is 0 Å². The molecule has 2 aromatic carbocycles. The number of rotatable bonds is 5. The van der Waals surface area contributed by atoms with Crippen molar-refractivity contribution >= 4 is 17.5 Å². The first-order valence-electron chi connectivity index (χ1n) is 9.88. The second kappa shape index (κ2) is 8.82. The molecule has 2 aliphatic rings. The van der Waals surface area contributed by atoms with Crippen molar-refractivity contribution in [3.63, 3.8) is 0 Å². The zero-order valence-corrected chi connectivity index (χ0v) is 17.2. The number of ether oxygens (including phenoxy) is 4. The second-order valence-corrected chi connectivity index (χ2v) is 7.43. The van der Waals surface area contributed by atoms with Crippen LogP contribution in [0.3, 0.4) is 0 Å². The normalized spacial score (nSPS) is 14.8. The molecule has 0 saturated heterocycles. The van der Waals surface area contributed by atoms with Crippen molar-refractivity contribution in [2.45, 2.75) is 26.3 Å². The molecular formula is C22H24ClNO5. The van der Waals surface area contributed by atoms with Crippen LogP contribution in [-0.4, -0.2) is 43.8 Å². The summed E-state index contributed by atoms with van der Waals surface area (Å²) < 4.78 is 22.6. The summed E-state index contributed by atoms with van der Waals surface area (Å²) in [7, 11) is 0. The van der Waals surface area contributed by atoms with Gasteiger partial charge in [-0.1, -0.05) is 17.7 Å². The lowest BCUT2D eigenvalue weighted by molar-refractivity contribution is -0.130. The van der Waals surface area contributed by atoms with E-state index in [1.807, 2.05) is 36.1 Å². The van der Waals surface area contributed by atoms with Gasteiger partial charge in [0.1, 0.15) is 13.2 Å². The van der Waals surface area contributed by atoms with Gasteiger partial charge in [0.2, 0.25) is 5.91 Å². The second-order valence-electron chi connectivity index (χ2n) is 7.02. The highest BCUT2D eigenvalue weighted by Gasteiger charge is 2.20. The van der Waals surface area contributed by atoms with Crippen LogP contribution in [0.15, 0.2) is 30.3 Å². The molecule has 1 amide bonds. The molecule has 7 heteroatoms. The highest BCUT2D eigenvalue weighted by atomic mass is 35.5. The number of fused-ring (bicyclic) bond motifs is 2. The molecule has 0 radical (unpaired) electrons. The molecule has 154 valence electrons. The number of amides is 1. The Balaban J connectivity index is 1.47. The summed E-state index contributed by atoms with van der Waals surface area (Å²) in [4.78, 5) is 14.7. The standard InChI is InChI=1S/C22H24ClNO5/c1-2-24(14-15-4-5-18-19(11-15)28-9-8-27-18)21(25)13-16-10-17(23)22-20(12-16)26-6-3-7-29-22/h4-5,10-12H,2-3,6-9,13-14H2,1H3. The van der Waals surface area contributed by atoms with E-state index in [0.29, 0.717) is 56.0 Å². The lowest BCUT2D eigenvalue weighted by Gasteiger charge is -2.23. The lowest BCUT2D eigenvalue weighted by atomic mass is 10.1. The van der Waals surface area contributed by atoms with E-state index in [0.717, 1.165) is 29.0 Å². The summed E-state index contributed by atoms with van der Waals surface area (Å²) in [6.45, 7) is 5.32. The van der Waals surface area contributed by atoms with E-state index in [2.05, 4.69) is 0 Å². The lowest BCUT2D eigenvalue weighted by Crippen LogP contribution is -2.31. The summed E-state index contributed by atoms with van der Waals surface area (Å²) in [6.07, 6.45) is 1.05. The van der Waals surface area contributed by atoms with Gasteiger partial charge in [-0.15, -0.1) is 0 Å². The van der Waals surface area contributed by atoms with Crippen LogP contribution in [0.4, 0.5) is 0 Å². The number of benzene rings is 2. The molecule has 0 saturated carbocycles. The third-order valence-corrected chi connectivity index (χ3v) is 5.21. The van der Waals surface area contributed by atoms with Crippen LogP contribution < -0.4 is 18.9 Å². The van der Waals surface area contributed by atoms with E-state index < -0.39 is 0 Å². The van der Waals surface area contributed by atoms with Crippen molar-refractivity contribution in [2.24, 2.45) is 0 Å². The van der Waals surface area contributed by atoms with Gasteiger partial charge < -0.3 is 23.8 Å². The summed E-state index contributed by atoms with van der Waals surface area (Å²) in [5.74, 6) is 2.66. The first-order valence-corrected chi connectivity index (χ1v) is 10.3. The van der Waals surface area contributed by atoms with Gasteiger partial charge >= 0.3 is 0 Å². The van der Waals surface area contributed by atoms with E-state index >= 15 is 0 Å². The third kappa shape index (κ3) is 4.53. The fourth-order valence-corrected chi connectivity index (χ4v) is 3.74. The molecule has 0 unspecified atom stereocenters. The van der Waals surface area contributed by atoms with Gasteiger partial charge in [0, 0.05) is 19.5 Å². The van der Waals surface area contributed by atoms with Gasteiger partial charge in [-0.3, -0.25) is 4.79 Å². The smallest absolute Gasteiger partial charge is 0.227 e. The molecular weight excluding hydrogens is 394 g/mol. The van der Waals surface area contributed by atoms with Crippen LogP contribution >= 0.6 is 11.6 Å². The van der Waals surface area contributed by atoms with E-state index in [1.165, 1.54) is 0 Å². The predicted octanol–water partition coefficient (Wildman–Crippen LogP) is 3.86. The summed E-state index contributed by atoms with van der Waals surface area (Å²) in [6, 6.07) is 9.43. The maximum atomic E-state index is 12.9. The van der Waals surface area contributed by atoms with E-state index in [1.54, 1.807) is 6.07 Å². The van der Waals surface area contributed by atoms with Crippen LogP contribution in [0.1, 0.15) is 24.5 Å². The SMILES string of the molecule is CCN(Cc1ccc2c(c1)OCCO2)C(=O)Cc1cc(Cl)c2c(c1)OCCCO2. The minimum absolute atomic E-state index is 0.0212. The average Bonchev–Trinajstić information content (AvgIpc) is 2.97. The summed E-state index contributed by atoms with van der Waals surface area (Å²) in [5.41, 5.74) is 1.81. The number of hydrogen-bond acceptors (Lipinski definition) is 5. The number of carbonyl (C=O) groups is 1. The predicted molar refractivity (Wildman–Crippen MR) is 109 cm³/mol. The number of halogens is 1. The summed E-state index contributed by atoms with van der Waals surface area (Å²) in [5, 5.41) is 0.474. The maximum absolute atomic E-state index is 12.9. The Morgan fingerprint density at radius 3 is 2.48 bits per heavy atom. The van der Waals surface area contributed by atoms with E-state index in [-0.39, 0.29) is 12.3 Å². The fourth-order valence-electron chi connectivity index (χ4n) is 3.46. The Kier molecular flexibility index (Phi) is 6.00. The number of hydrogen-bond donors (Lipinski definition) is 0. The fraction of sp³-hybridized carbons (Fsp3) is 0.409.